The van der Waals surface area contributed by atoms with Crippen LogP contribution in [0.2, 0.25) is 10.0 Å². The van der Waals surface area contributed by atoms with Gasteiger partial charge in [-0.3, -0.25) is 10.2 Å². The average molecular weight is 300 g/mol. The fraction of sp³-hybridized carbons (Fsp3) is 0.111. The van der Waals surface area contributed by atoms with Gasteiger partial charge in [-0.25, -0.2) is 0 Å². The number of halogens is 4. The summed E-state index contributed by atoms with van der Waals surface area (Å²) in [5, 5.41) is 3.90. The zero-order valence-electron chi connectivity index (χ0n) is 7.81. The lowest BCUT2D eigenvalue weighted by Crippen LogP contribution is -2.11. The number of hydrogen-bond donors (Lipinski definition) is 1. The summed E-state index contributed by atoms with van der Waals surface area (Å²) in [5.41, 5.74) is 3.09. The summed E-state index contributed by atoms with van der Waals surface area (Å²) in [5.74, 6) is -0.0828. The number of carbonyl (C=O) groups excluding carboxylic acids is 1. The van der Waals surface area contributed by atoms with Crippen LogP contribution in [0.15, 0.2) is 23.3 Å². The number of nitrogens with one attached hydrogen (secondary N) is 1. The number of rotatable bonds is 4. The van der Waals surface area contributed by atoms with Crippen molar-refractivity contribution in [2.75, 3.05) is 11.3 Å². The Kier molecular flexibility index (Phi) is 5.35. The van der Waals surface area contributed by atoms with Crippen molar-refractivity contribution in [3.05, 3.63) is 28.2 Å². The van der Waals surface area contributed by atoms with Gasteiger partial charge in [0.1, 0.15) is 5.71 Å². The van der Waals surface area contributed by atoms with Gasteiger partial charge in [-0.05, 0) is 29.8 Å². The lowest BCUT2D eigenvalue weighted by atomic mass is 10.3. The van der Waals surface area contributed by atoms with Gasteiger partial charge >= 0.3 is 0 Å². The molecule has 0 fully saturated rings. The monoisotopic (exact) mass is 298 g/mol. The molecule has 7 heteroatoms. The minimum absolute atomic E-state index is 0.00866. The highest BCUT2D eigenvalue weighted by Gasteiger charge is 2.07. The Morgan fingerprint density at radius 3 is 2.56 bits per heavy atom. The van der Waals surface area contributed by atoms with Gasteiger partial charge in [-0.15, -0.1) is 11.6 Å². The normalized spacial score (nSPS) is 11.4. The van der Waals surface area contributed by atoms with Crippen molar-refractivity contribution < 1.29 is 4.79 Å². The third kappa shape index (κ3) is 3.83. The molecule has 0 saturated heterocycles. The van der Waals surface area contributed by atoms with Crippen molar-refractivity contribution >= 4 is 63.0 Å². The third-order valence-electron chi connectivity index (χ3n) is 1.60. The van der Waals surface area contributed by atoms with Crippen LogP contribution in [0, 0.1) is 0 Å². The molecule has 0 atom stereocenters. The molecule has 86 valence electrons. The minimum Gasteiger partial charge on any atom is -0.277 e. The quantitative estimate of drug-likeness (QED) is 0.398. The van der Waals surface area contributed by atoms with Gasteiger partial charge in [-0.1, -0.05) is 23.2 Å². The fourth-order valence-electron chi connectivity index (χ4n) is 0.834. The Labute approximate surface area is 112 Å². The van der Waals surface area contributed by atoms with Crippen molar-refractivity contribution in [1.29, 1.82) is 0 Å². The van der Waals surface area contributed by atoms with Crippen LogP contribution in [0.25, 0.3) is 0 Å². The van der Waals surface area contributed by atoms with E-state index >= 15 is 0 Å². The molecule has 0 amide bonds. The number of benzene rings is 1. The lowest BCUT2D eigenvalue weighted by Gasteiger charge is -2.04. The van der Waals surface area contributed by atoms with Gasteiger partial charge in [0, 0.05) is 5.02 Å². The van der Waals surface area contributed by atoms with E-state index in [1.807, 2.05) is 0 Å². The Bertz CT molecular complexity index is 434. The number of alkyl halides is 1. The molecule has 0 unspecified atom stereocenters. The molecule has 3 nitrogen and oxygen atoms in total. The molecule has 16 heavy (non-hydrogen) atoms. The SMILES string of the molecule is O=C(Cl)C(CCl)=NNc1ccc(Cl)cc1Cl. The van der Waals surface area contributed by atoms with Crippen molar-refractivity contribution in [3.8, 4) is 0 Å². The molecule has 0 saturated carbocycles. The molecule has 0 spiro atoms. The standard InChI is InChI=1S/C9H6Cl4N2O/c10-4-8(9(13)16)15-14-7-2-1-5(11)3-6(7)12/h1-3,14H,4H2. The largest absolute Gasteiger partial charge is 0.277 e. The first kappa shape index (κ1) is 13.6. The molecule has 1 N–H and O–H groups in total. The predicted molar refractivity (Wildman–Crippen MR) is 69.1 cm³/mol. The molecule has 0 aromatic heterocycles. The molecule has 0 heterocycles. The zero-order chi connectivity index (χ0) is 12.1. The second-order valence-corrected chi connectivity index (χ2v) is 4.16. The van der Waals surface area contributed by atoms with Crippen LogP contribution in [-0.2, 0) is 4.79 Å². The number of anilines is 1. The molecule has 1 rings (SSSR count). The van der Waals surface area contributed by atoms with Crippen LogP contribution in [0.3, 0.4) is 0 Å². The maximum absolute atomic E-state index is 10.8. The first-order valence-electron chi connectivity index (χ1n) is 4.08. The highest BCUT2D eigenvalue weighted by atomic mass is 35.5. The Morgan fingerprint density at radius 1 is 1.38 bits per heavy atom. The average Bonchev–Trinajstić information content (AvgIpc) is 2.21. The smallest absolute Gasteiger partial charge is 0.269 e. The summed E-state index contributed by atoms with van der Waals surface area (Å²) in [6, 6.07) is 4.80. The van der Waals surface area contributed by atoms with Crippen molar-refractivity contribution in [2.24, 2.45) is 5.10 Å². The number of nitrogens with zero attached hydrogens (tertiary/aromatic N) is 1. The number of hydrazone groups is 1. The van der Waals surface area contributed by atoms with E-state index in [0.29, 0.717) is 15.7 Å². The molecule has 0 aliphatic heterocycles. The number of hydrogen-bond acceptors (Lipinski definition) is 3. The van der Waals surface area contributed by atoms with E-state index in [-0.39, 0.29) is 11.6 Å². The highest BCUT2D eigenvalue weighted by Crippen LogP contribution is 2.25. The van der Waals surface area contributed by atoms with Gasteiger partial charge in [0.2, 0.25) is 0 Å². The summed E-state index contributed by atoms with van der Waals surface area (Å²) in [6.45, 7) is 0. The maximum atomic E-state index is 10.8. The molecule has 1 aromatic rings. The topological polar surface area (TPSA) is 41.5 Å². The summed E-state index contributed by atoms with van der Waals surface area (Å²) < 4.78 is 0. The lowest BCUT2D eigenvalue weighted by molar-refractivity contribution is -0.106. The molecular formula is C9H6Cl4N2O. The molecule has 0 radical (unpaired) electrons. The number of carbonyl (C=O) groups is 1. The van der Waals surface area contributed by atoms with Gasteiger partial charge in [0.25, 0.3) is 5.24 Å². The van der Waals surface area contributed by atoms with Crippen LogP contribution in [-0.4, -0.2) is 16.8 Å². The summed E-state index contributed by atoms with van der Waals surface area (Å²) >= 11 is 22.3. The molecule has 1 aromatic carbocycles. The molecule has 0 aliphatic carbocycles. The Morgan fingerprint density at radius 2 is 2.06 bits per heavy atom. The summed E-state index contributed by atoms with van der Waals surface area (Å²) in [6.07, 6.45) is 0. The summed E-state index contributed by atoms with van der Waals surface area (Å²) in [7, 11) is 0. The second kappa shape index (κ2) is 6.30. The van der Waals surface area contributed by atoms with E-state index in [9.17, 15) is 4.79 Å². The first-order valence-corrected chi connectivity index (χ1v) is 5.75. The van der Waals surface area contributed by atoms with Crippen molar-refractivity contribution in [2.45, 2.75) is 0 Å². The predicted octanol–water partition coefficient (Wildman–Crippen LogP) is 3.77. The zero-order valence-corrected chi connectivity index (χ0v) is 10.8. The van der Waals surface area contributed by atoms with Crippen molar-refractivity contribution in [3.63, 3.8) is 0 Å². The fourth-order valence-corrected chi connectivity index (χ4v) is 1.64. The van der Waals surface area contributed by atoms with Gasteiger partial charge in [0.15, 0.2) is 0 Å². The van der Waals surface area contributed by atoms with Crippen LogP contribution in [0.5, 0.6) is 0 Å². The van der Waals surface area contributed by atoms with E-state index in [1.54, 1.807) is 18.2 Å². The summed E-state index contributed by atoms with van der Waals surface area (Å²) in [4.78, 5) is 10.8. The maximum Gasteiger partial charge on any atom is 0.269 e. The molecule has 0 aliphatic rings. The first-order chi connectivity index (χ1) is 7.54. The minimum atomic E-state index is -0.715. The molecular weight excluding hydrogens is 294 g/mol. The van der Waals surface area contributed by atoms with Gasteiger partial charge < -0.3 is 0 Å². The van der Waals surface area contributed by atoms with Crippen LogP contribution >= 0.6 is 46.4 Å². The van der Waals surface area contributed by atoms with E-state index in [0.717, 1.165) is 0 Å². The Hall–Kier alpha value is -0.480. The molecule has 0 bridgehead atoms. The van der Waals surface area contributed by atoms with Crippen molar-refractivity contribution in [1.82, 2.24) is 0 Å². The van der Waals surface area contributed by atoms with Gasteiger partial charge in [-0.2, -0.15) is 5.10 Å². The van der Waals surface area contributed by atoms with E-state index in [2.05, 4.69) is 10.5 Å². The van der Waals surface area contributed by atoms with E-state index in [4.69, 9.17) is 46.4 Å². The Balaban J connectivity index is 2.85. The van der Waals surface area contributed by atoms with Crippen LogP contribution < -0.4 is 5.43 Å². The second-order valence-electron chi connectivity index (χ2n) is 2.70. The van der Waals surface area contributed by atoms with Crippen LogP contribution in [0.1, 0.15) is 0 Å². The van der Waals surface area contributed by atoms with Gasteiger partial charge in [0.05, 0.1) is 16.6 Å². The third-order valence-corrected chi connectivity index (χ3v) is 2.62. The van der Waals surface area contributed by atoms with E-state index < -0.39 is 5.24 Å². The van der Waals surface area contributed by atoms with E-state index in [1.165, 1.54) is 0 Å². The highest BCUT2D eigenvalue weighted by molar-refractivity contribution is 6.83. The van der Waals surface area contributed by atoms with Crippen LogP contribution in [0.4, 0.5) is 5.69 Å².